The number of benzene rings is 2. The fourth-order valence-electron chi connectivity index (χ4n) is 8.98. The molecule has 0 unspecified atom stereocenters. The van der Waals surface area contributed by atoms with E-state index >= 15 is 0 Å². The molecule has 2 aliphatic heterocycles. The zero-order chi connectivity index (χ0) is 48.7. The lowest BCUT2D eigenvalue weighted by molar-refractivity contribution is -0.175. The average Bonchev–Trinajstić information content (AvgIpc) is 3.29. The van der Waals surface area contributed by atoms with Crippen molar-refractivity contribution in [2.45, 2.75) is 189 Å². The fraction of sp³-hybridized carbons (Fsp3) is 0.692. The normalized spacial score (nSPS) is 16.1. The zero-order valence-electron chi connectivity index (χ0n) is 40.5. The van der Waals surface area contributed by atoms with E-state index in [2.05, 4.69) is 19.2 Å². The van der Waals surface area contributed by atoms with E-state index in [9.17, 15) is 47.0 Å². The van der Waals surface area contributed by atoms with Gasteiger partial charge in [0.15, 0.2) is 28.7 Å². The number of esters is 1. The number of rotatable bonds is 27. The monoisotopic (exact) mass is 934 g/mol. The minimum atomic E-state index is -1.58. The number of nitrogens with zero attached hydrogens (tertiary/aromatic N) is 2. The molecule has 14 heteroatoms. The first-order valence-corrected chi connectivity index (χ1v) is 24.9. The van der Waals surface area contributed by atoms with Gasteiger partial charge in [-0.1, -0.05) is 122 Å². The smallest absolute Gasteiger partial charge is 0.323 e. The summed E-state index contributed by atoms with van der Waals surface area (Å²) in [6.07, 6.45) is 18.2. The minimum absolute atomic E-state index is 0.0779. The molecule has 1 amide bonds. The molecular formula is C52H79F4N3O7. The van der Waals surface area contributed by atoms with E-state index in [-0.39, 0.29) is 49.9 Å². The highest BCUT2D eigenvalue weighted by atomic mass is 19.2. The molecule has 2 saturated heterocycles. The third-order valence-electron chi connectivity index (χ3n) is 13.4. The Morgan fingerprint density at radius 1 is 0.561 bits per heavy atom. The van der Waals surface area contributed by atoms with Crippen molar-refractivity contribution in [1.82, 2.24) is 15.1 Å². The van der Waals surface area contributed by atoms with E-state index in [1.807, 2.05) is 9.80 Å². The summed E-state index contributed by atoms with van der Waals surface area (Å²) in [5.41, 5.74) is -1.68. The van der Waals surface area contributed by atoms with E-state index in [4.69, 9.17) is 4.74 Å². The van der Waals surface area contributed by atoms with Crippen molar-refractivity contribution >= 4 is 23.8 Å². The predicted octanol–water partition coefficient (Wildman–Crippen LogP) is 11.3. The number of aliphatic carboxylic acids is 2. The van der Waals surface area contributed by atoms with E-state index < -0.39 is 64.0 Å². The molecule has 2 aromatic carbocycles. The molecule has 0 spiro atoms. The molecule has 2 heterocycles. The highest BCUT2D eigenvalue weighted by Gasteiger charge is 2.50. The lowest BCUT2D eigenvalue weighted by atomic mass is 9.77. The van der Waals surface area contributed by atoms with Gasteiger partial charge in [0.25, 0.3) is 0 Å². The molecule has 372 valence electrons. The van der Waals surface area contributed by atoms with Gasteiger partial charge >= 0.3 is 17.9 Å². The zero-order valence-corrected chi connectivity index (χ0v) is 40.5. The molecule has 2 fully saturated rings. The number of hydrogen-bond acceptors (Lipinski definition) is 7. The summed E-state index contributed by atoms with van der Waals surface area (Å²) in [5, 5.41) is 21.9. The molecule has 10 nitrogen and oxygen atoms in total. The Kier molecular flexibility index (Phi) is 24.7. The van der Waals surface area contributed by atoms with Gasteiger partial charge in [0, 0.05) is 56.9 Å². The quantitative estimate of drug-likeness (QED) is 0.0346. The number of piperidine rings is 2. The maximum absolute atomic E-state index is 14.7. The molecule has 0 radical (unpaired) electrons. The van der Waals surface area contributed by atoms with Gasteiger partial charge in [-0.05, 0) is 83.3 Å². The summed E-state index contributed by atoms with van der Waals surface area (Å²) in [4.78, 5) is 52.1. The summed E-state index contributed by atoms with van der Waals surface area (Å²) < 4.78 is 63.8. The standard InChI is InChI=1S/C27H41F2NO4.C25H38F2N2O3/c1-4-5-6-7-8-9-10-11-12-21-13-14-22(24(29)23(21)28)19-30-17-15-27(16-18-30,25(31)32)26(33)34-20(2)3;1-3-5-6-7-8-9-10-11-19-12-13-20(22(27)21(19)26)18-29-16-14-25(15-17-29,24(31)32)23(30)28-4-2/h13-14,20H,4-12,15-19H2,1-3H3,(H,31,32);12-13H,3-11,14-18H2,1-2H3,(H,28,30)(H,31,32). The van der Waals surface area contributed by atoms with Crippen LogP contribution in [0.1, 0.15) is 179 Å². The van der Waals surface area contributed by atoms with Crippen LogP contribution >= 0.6 is 0 Å². The van der Waals surface area contributed by atoms with Crippen molar-refractivity contribution in [2.24, 2.45) is 10.8 Å². The van der Waals surface area contributed by atoms with Crippen LogP contribution in [0.2, 0.25) is 0 Å². The Labute approximate surface area is 391 Å². The molecule has 2 aromatic rings. The number of unbranched alkanes of at least 4 members (excludes halogenated alkanes) is 13. The van der Waals surface area contributed by atoms with Gasteiger partial charge in [0.2, 0.25) is 5.91 Å². The van der Waals surface area contributed by atoms with Gasteiger partial charge in [-0.25, -0.2) is 17.6 Å². The van der Waals surface area contributed by atoms with E-state index in [1.54, 1.807) is 45.0 Å². The van der Waals surface area contributed by atoms with Crippen LogP contribution < -0.4 is 5.32 Å². The molecule has 0 saturated carbocycles. The first-order valence-electron chi connectivity index (χ1n) is 24.9. The van der Waals surface area contributed by atoms with E-state index in [0.717, 1.165) is 38.5 Å². The van der Waals surface area contributed by atoms with Gasteiger partial charge in [-0.15, -0.1) is 0 Å². The molecule has 4 rings (SSSR count). The number of aryl methyl sites for hydroxylation is 2. The van der Waals surface area contributed by atoms with Crippen LogP contribution in [0, 0.1) is 34.1 Å². The number of carboxylic acid groups (broad SMARTS) is 2. The second kappa shape index (κ2) is 29.0. The number of carboxylic acids is 2. The van der Waals surface area contributed by atoms with Crippen molar-refractivity contribution < 1.29 is 51.7 Å². The molecule has 0 aromatic heterocycles. The number of carbonyl (C=O) groups excluding carboxylic acids is 2. The predicted molar refractivity (Wildman–Crippen MR) is 250 cm³/mol. The number of amides is 1. The highest BCUT2D eigenvalue weighted by molar-refractivity contribution is 6.02. The number of likely N-dealkylation sites (tertiary alicyclic amines) is 2. The fourth-order valence-corrected chi connectivity index (χ4v) is 8.98. The van der Waals surface area contributed by atoms with Crippen molar-refractivity contribution in [3.05, 3.63) is 69.8 Å². The van der Waals surface area contributed by atoms with Gasteiger partial charge < -0.3 is 20.3 Å². The summed E-state index contributed by atoms with van der Waals surface area (Å²) in [7, 11) is 0. The molecule has 3 N–H and O–H groups in total. The number of hydrogen-bond donors (Lipinski definition) is 3. The number of nitrogens with one attached hydrogen (secondary N) is 1. The number of halogens is 4. The molecular weight excluding hydrogens is 855 g/mol. The van der Waals surface area contributed by atoms with Crippen molar-refractivity contribution in [1.29, 1.82) is 0 Å². The summed E-state index contributed by atoms with van der Waals surface area (Å²) in [6, 6.07) is 6.61. The Hall–Kier alpha value is -4.04. The first kappa shape index (κ1) is 56.3. The average molecular weight is 934 g/mol. The van der Waals surface area contributed by atoms with Crippen LogP contribution in [0.15, 0.2) is 24.3 Å². The third-order valence-corrected chi connectivity index (χ3v) is 13.4. The largest absolute Gasteiger partial charge is 0.480 e. The number of carbonyl (C=O) groups is 4. The topological polar surface area (TPSA) is 136 Å². The Morgan fingerprint density at radius 2 is 0.894 bits per heavy atom. The third kappa shape index (κ3) is 16.6. The maximum atomic E-state index is 14.7. The Morgan fingerprint density at radius 3 is 1.24 bits per heavy atom. The van der Waals surface area contributed by atoms with Gasteiger partial charge in [-0.2, -0.15) is 0 Å². The van der Waals surface area contributed by atoms with Crippen molar-refractivity contribution in [2.75, 3.05) is 32.7 Å². The van der Waals surface area contributed by atoms with Crippen molar-refractivity contribution in [3.8, 4) is 0 Å². The van der Waals surface area contributed by atoms with Crippen LogP contribution in [0.3, 0.4) is 0 Å². The summed E-state index contributed by atoms with van der Waals surface area (Å²) in [6.45, 7) is 11.5. The van der Waals surface area contributed by atoms with E-state index in [0.29, 0.717) is 56.7 Å². The molecule has 66 heavy (non-hydrogen) atoms. The van der Waals surface area contributed by atoms with Crippen LogP contribution in [0.4, 0.5) is 17.6 Å². The van der Waals surface area contributed by atoms with Crippen LogP contribution in [0.5, 0.6) is 0 Å². The molecule has 2 aliphatic rings. The lowest BCUT2D eigenvalue weighted by Gasteiger charge is -2.37. The molecule has 0 atom stereocenters. The highest BCUT2D eigenvalue weighted by Crippen LogP contribution is 2.36. The second-order valence-electron chi connectivity index (χ2n) is 18.8. The first-order chi connectivity index (χ1) is 31.6. The Balaban J connectivity index is 0.000000351. The van der Waals surface area contributed by atoms with Crippen LogP contribution in [-0.2, 0) is 49.8 Å². The maximum Gasteiger partial charge on any atom is 0.323 e. The molecule has 0 bridgehead atoms. The van der Waals surface area contributed by atoms with Gasteiger partial charge in [-0.3, -0.25) is 29.0 Å². The minimum Gasteiger partial charge on any atom is -0.480 e. The summed E-state index contributed by atoms with van der Waals surface area (Å²) >= 11 is 0. The SMILES string of the molecule is CCCCCCCCCCc1ccc(CN2CCC(C(=O)O)(C(=O)OC(C)C)CC2)c(F)c1F.CCCCCCCCCc1ccc(CN2CCC(C(=O)O)(C(=O)NCC)CC2)c(F)c1F. The van der Waals surface area contributed by atoms with Gasteiger partial charge in [0.05, 0.1) is 6.10 Å². The van der Waals surface area contributed by atoms with Crippen LogP contribution in [0.25, 0.3) is 0 Å². The van der Waals surface area contributed by atoms with Gasteiger partial charge in [0.1, 0.15) is 5.41 Å². The Bertz CT molecular complexity index is 1830. The lowest BCUT2D eigenvalue weighted by Crippen LogP contribution is -2.53. The van der Waals surface area contributed by atoms with Crippen LogP contribution in [-0.4, -0.2) is 82.7 Å². The summed E-state index contributed by atoms with van der Waals surface area (Å²) in [5.74, 6) is -6.71. The number of ether oxygens (including phenoxy) is 1. The second-order valence-corrected chi connectivity index (χ2v) is 18.8. The van der Waals surface area contributed by atoms with E-state index in [1.165, 1.54) is 57.8 Å². The molecule has 0 aliphatic carbocycles. The van der Waals surface area contributed by atoms with Crippen molar-refractivity contribution in [3.63, 3.8) is 0 Å².